The highest BCUT2D eigenvalue weighted by atomic mass is 16.5. The van der Waals surface area contributed by atoms with Crippen molar-refractivity contribution in [3.05, 3.63) is 137 Å². The van der Waals surface area contributed by atoms with Gasteiger partial charge in [0, 0.05) is 32.0 Å². The van der Waals surface area contributed by atoms with Crippen molar-refractivity contribution in [3.8, 4) is 5.75 Å². The molecule has 4 rings (SSSR count). The van der Waals surface area contributed by atoms with Crippen LogP contribution >= 0.6 is 0 Å². The van der Waals surface area contributed by atoms with E-state index in [-0.39, 0.29) is 11.8 Å². The van der Waals surface area contributed by atoms with Crippen molar-refractivity contribution in [2.75, 3.05) is 19.7 Å². The molecule has 0 aliphatic rings. The number of rotatable bonds is 15. The van der Waals surface area contributed by atoms with E-state index in [0.29, 0.717) is 19.4 Å². The summed E-state index contributed by atoms with van der Waals surface area (Å²) in [5.41, 5.74) is 11.7. The minimum absolute atomic E-state index is 0.282. The molecule has 39 heavy (non-hydrogen) atoms. The maximum atomic E-state index is 11.1. The highest BCUT2D eigenvalue weighted by Gasteiger charge is 2.18. The van der Waals surface area contributed by atoms with Crippen LogP contribution in [0.5, 0.6) is 5.75 Å². The summed E-state index contributed by atoms with van der Waals surface area (Å²) in [7, 11) is 0. The molecular formula is C35H40N2O2. The Morgan fingerprint density at radius 2 is 1.44 bits per heavy atom. The first kappa shape index (κ1) is 28.1. The van der Waals surface area contributed by atoms with E-state index in [0.717, 1.165) is 43.8 Å². The maximum Gasteiger partial charge on any atom is 0.217 e. The first-order valence-corrected chi connectivity index (χ1v) is 14.0. The van der Waals surface area contributed by atoms with E-state index < -0.39 is 0 Å². The average molecular weight is 521 g/mol. The van der Waals surface area contributed by atoms with E-state index in [9.17, 15) is 4.79 Å². The molecule has 0 aliphatic carbocycles. The number of ether oxygens (including phenoxy) is 1. The van der Waals surface area contributed by atoms with Crippen LogP contribution in [0.15, 0.2) is 109 Å². The molecule has 202 valence electrons. The van der Waals surface area contributed by atoms with Crippen molar-refractivity contribution in [1.82, 2.24) is 4.90 Å². The molecule has 0 heterocycles. The van der Waals surface area contributed by atoms with Gasteiger partial charge in [0.1, 0.15) is 5.75 Å². The third-order valence-corrected chi connectivity index (χ3v) is 7.13. The summed E-state index contributed by atoms with van der Waals surface area (Å²) in [4.78, 5) is 13.7. The van der Waals surface area contributed by atoms with Crippen molar-refractivity contribution in [1.29, 1.82) is 0 Å². The summed E-state index contributed by atoms with van der Waals surface area (Å²) in [5, 5.41) is 0. The lowest BCUT2D eigenvalue weighted by atomic mass is 9.90. The largest absolute Gasteiger partial charge is 0.494 e. The van der Waals surface area contributed by atoms with E-state index in [1.54, 1.807) is 0 Å². The second kappa shape index (κ2) is 14.9. The van der Waals surface area contributed by atoms with Crippen molar-refractivity contribution < 1.29 is 9.53 Å². The molecule has 0 unspecified atom stereocenters. The van der Waals surface area contributed by atoms with Crippen molar-refractivity contribution >= 4 is 5.91 Å². The third-order valence-electron chi connectivity index (χ3n) is 7.13. The molecule has 0 bridgehead atoms. The monoisotopic (exact) mass is 520 g/mol. The van der Waals surface area contributed by atoms with Crippen molar-refractivity contribution in [3.63, 3.8) is 0 Å². The van der Waals surface area contributed by atoms with Gasteiger partial charge < -0.3 is 10.5 Å². The first-order chi connectivity index (χ1) is 19.1. The number of nitrogens with two attached hydrogens (primary N) is 1. The van der Waals surface area contributed by atoms with Gasteiger partial charge in [0.15, 0.2) is 0 Å². The van der Waals surface area contributed by atoms with Crippen LogP contribution in [0.4, 0.5) is 0 Å². The number of benzene rings is 4. The van der Waals surface area contributed by atoms with Crippen LogP contribution in [0.3, 0.4) is 0 Å². The zero-order chi connectivity index (χ0) is 27.3. The first-order valence-electron chi connectivity index (χ1n) is 14.0. The normalized spacial score (nSPS) is 11.2. The fourth-order valence-corrected chi connectivity index (χ4v) is 4.94. The summed E-state index contributed by atoms with van der Waals surface area (Å²) < 4.78 is 6.12. The molecule has 0 fully saturated rings. The van der Waals surface area contributed by atoms with Crippen LogP contribution in [0.25, 0.3) is 0 Å². The SMILES string of the molecule is CCc1ccc(CN(CCCOc2cccc(CCC(N)=O)c2)CC(c2ccccc2)c2ccccc2)cc1. The van der Waals surface area contributed by atoms with Gasteiger partial charge in [-0.05, 0) is 59.2 Å². The van der Waals surface area contributed by atoms with Crippen LogP contribution in [-0.4, -0.2) is 30.5 Å². The quantitative estimate of drug-likeness (QED) is 0.176. The standard InChI is InChI=1S/C35H40N2O2/c1-2-28-17-19-30(20-18-28)26-37(23-10-24-39-33-16-9-11-29(25-33)21-22-35(36)38)27-34(31-12-5-3-6-13-31)32-14-7-4-8-15-32/h3-9,11-20,25,34H,2,10,21-24,26-27H2,1H3,(H2,36,38). The highest BCUT2D eigenvalue weighted by Crippen LogP contribution is 2.26. The van der Waals surface area contributed by atoms with Crippen LogP contribution in [-0.2, 0) is 24.2 Å². The zero-order valence-electron chi connectivity index (χ0n) is 23.0. The molecule has 0 spiro atoms. The molecule has 0 aliphatic heterocycles. The minimum Gasteiger partial charge on any atom is -0.494 e. The van der Waals surface area contributed by atoms with Gasteiger partial charge >= 0.3 is 0 Å². The molecule has 0 aromatic heterocycles. The van der Waals surface area contributed by atoms with Gasteiger partial charge in [-0.15, -0.1) is 0 Å². The molecule has 2 N–H and O–H groups in total. The number of hydrogen-bond acceptors (Lipinski definition) is 3. The number of nitrogens with zero attached hydrogens (tertiary/aromatic N) is 1. The van der Waals surface area contributed by atoms with Crippen molar-refractivity contribution in [2.45, 2.75) is 45.1 Å². The fraction of sp³-hybridized carbons (Fsp3) is 0.286. The van der Waals surface area contributed by atoms with E-state index >= 15 is 0 Å². The molecule has 0 saturated heterocycles. The van der Waals surface area contributed by atoms with Gasteiger partial charge in [-0.25, -0.2) is 0 Å². The maximum absolute atomic E-state index is 11.1. The van der Waals surface area contributed by atoms with Gasteiger partial charge in [0.2, 0.25) is 5.91 Å². The summed E-state index contributed by atoms with van der Waals surface area (Å²) in [5.74, 6) is 0.838. The summed E-state index contributed by atoms with van der Waals surface area (Å²) in [6.45, 7) is 5.56. The van der Waals surface area contributed by atoms with Gasteiger partial charge in [-0.1, -0.05) is 104 Å². The van der Waals surface area contributed by atoms with Gasteiger partial charge in [-0.3, -0.25) is 9.69 Å². The van der Waals surface area contributed by atoms with E-state index in [1.807, 2.05) is 24.3 Å². The van der Waals surface area contributed by atoms with Crippen LogP contribution < -0.4 is 10.5 Å². The highest BCUT2D eigenvalue weighted by molar-refractivity contribution is 5.74. The lowest BCUT2D eigenvalue weighted by Gasteiger charge is -2.28. The molecule has 0 atom stereocenters. The van der Waals surface area contributed by atoms with Gasteiger partial charge in [0.05, 0.1) is 6.61 Å². The molecule has 4 heteroatoms. The Bertz CT molecular complexity index is 1230. The van der Waals surface area contributed by atoms with E-state index in [1.165, 1.54) is 22.3 Å². The molecule has 0 radical (unpaired) electrons. The second-order valence-electron chi connectivity index (χ2n) is 10.1. The second-order valence-corrected chi connectivity index (χ2v) is 10.1. The Morgan fingerprint density at radius 1 is 0.795 bits per heavy atom. The number of primary amides is 1. The molecule has 4 nitrogen and oxygen atoms in total. The molecular weight excluding hydrogens is 480 g/mol. The Balaban J connectivity index is 1.45. The molecule has 0 saturated carbocycles. The van der Waals surface area contributed by atoms with E-state index in [4.69, 9.17) is 10.5 Å². The number of carbonyl (C=O) groups is 1. The Labute approximate surface area is 233 Å². The van der Waals surface area contributed by atoms with E-state index in [2.05, 4.69) is 96.8 Å². The van der Waals surface area contributed by atoms with Crippen LogP contribution in [0.2, 0.25) is 0 Å². The fourth-order valence-electron chi connectivity index (χ4n) is 4.94. The smallest absolute Gasteiger partial charge is 0.217 e. The predicted molar refractivity (Wildman–Crippen MR) is 160 cm³/mol. The van der Waals surface area contributed by atoms with Gasteiger partial charge in [0.25, 0.3) is 0 Å². The lowest BCUT2D eigenvalue weighted by molar-refractivity contribution is -0.117. The molecule has 4 aromatic rings. The number of carbonyl (C=O) groups excluding carboxylic acids is 1. The van der Waals surface area contributed by atoms with Gasteiger partial charge in [-0.2, -0.15) is 0 Å². The number of amides is 1. The summed E-state index contributed by atoms with van der Waals surface area (Å²) >= 11 is 0. The molecule has 4 aromatic carbocycles. The zero-order valence-corrected chi connectivity index (χ0v) is 23.0. The Morgan fingerprint density at radius 3 is 2.05 bits per heavy atom. The Kier molecular flexibility index (Phi) is 10.7. The third kappa shape index (κ3) is 9.12. The molecule has 1 amide bonds. The number of aryl methyl sites for hydroxylation is 2. The minimum atomic E-state index is -0.282. The lowest BCUT2D eigenvalue weighted by Crippen LogP contribution is -2.30. The van der Waals surface area contributed by atoms with Crippen molar-refractivity contribution in [2.24, 2.45) is 5.73 Å². The average Bonchev–Trinajstić information content (AvgIpc) is 2.98. The summed E-state index contributed by atoms with van der Waals surface area (Å²) in [6.07, 6.45) is 2.95. The van der Waals surface area contributed by atoms with Crippen LogP contribution in [0.1, 0.15) is 53.5 Å². The predicted octanol–water partition coefficient (Wildman–Crippen LogP) is 6.77. The number of hydrogen-bond donors (Lipinski definition) is 1. The van der Waals surface area contributed by atoms with Crippen LogP contribution in [0, 0.1) is 0 Å². The topological polar surface area (TPSA) is 55.6 Å². The summed E-state index contributed by atoms with van der Waals surface area (Å²) in [6, 6.07) is 38.6. The Hall–Kier alpha value is -3.89.